The lowest BCUT2D eigenvalue weighted by Gasteiger charge is -2.13. The Hall–Kier alpha value is -3.81. The van der Waals surface area contributed by atoms with Crippen LogP contribution < -0.4 is 14.8 Å². The molecular weight excluding hydrogens is 364 g/mol. The fourth-order valence-electron chi connectivity index (χ4n) is 2.58. The van der Waals surface area contributed by atoms with Gasteiger partial charge in [0.1, 0.15) is 18.0 Å². The van der Waals surface area contributed by atoms with Crippen LogP contribution >= 0.6 is 0 Å². The Morgan fingerprint density at radius 3 is 2.50 bits per heavy atom. The molecule has 8 heteroatoms. The highest BCUT2D eigenvalue weighted by atomic mass is 16.5. The summed E-state index contributed by atoms with van der Waals surface area (Å²) in [5.74, 6) is -1.11. The van der Waals surface area contributed by atoms with Crippen molar-refractivity contribution >= 4 is 22.6 Å². The number of aromatic nitrogens is 1. The van der Waals surface area contributed by atoms with Gasteiger partial charge in [-0.25, -0.2) is 4.98 Å². The van der Waals surface area contributed by atoms with Gasteiger partial charge in [-0.2, -0.15) is 0 Å². The maximum atomic E-state index is 12.2. The quantitative estimate of drug-likeness (QED) is 0.575. The van der Waals surface area contributed by atoms with Crippen molar-refractivity contribution < 1.29 is 29.3 Å². The van der Waals surface area contributed by atoms with Crippen molar-refractivity contribution in [3.8, 4) is 23.1 Å². The fourth-order valence-corrected chi connectivity index (χ4v) is 2.58. The highest BCUT2D eigenvalue weighted by Crippen LogP contribution is 2.36. The fraction of sp³-hybridized carbons (Fsp3) is 0.150. The molecule has 0 bridgehead atoms. The lowest BCUT2D eigenvalue weighted by Crippen LogP contribution is -2.30. The molecule has 8 nitrogen and oxygen atoms in total. The first-order valence-corrected chi connectivity index (χ1v) is 8.52. The maximum absolute atomic E-state index is 12.2. The molecular formula is C20H18N2O6. The number of nitrogens with zero attached hydrogens (tertiary/aromatic N) is 1. The molecule has 0 aliphatic carbocycles. The van der Waals surface area contributed by atoms with E-state index in [0.717, 1.165) is 0 Å². The normalized spacial score (nSPS) is 10.5. The molecule has 3 aromatic rings. The summed E-state index contributed by atoms with van der Waals surface area (Å²) < 4.78 is 11.3. The Kier molecular flexibility index (Phi) is 5.59. The lowest BCUT2D eigenvalue weighted by atomic mass is 10.1. The van der Waals surface area contributed by atoms with Crippen molar-refractivity contribution in [2.45, 2.75) is 6.92 Å². The molecule has 1 heterocycles. The van der Waals surface area contributed by atoms with Crippen LogP contribution in [0.4, 0.5) is 0 Å². The average Bonchev–Trinajstić information content (AvgIpc) is 2.69. The van der Waals surface area contributed by atoms with Gasteiger partial charge >= 0.3 is 5.97 Å². The highest BCUT2D eigenvalue weighted by Gasteiger charge is 2.21. The molecule has 0 aliphatic rings. The molecule has 0 atom stereocenters. The number of benzene rings is 2. The van der Waals surface area contributed by atoms with E-state index in [0.29, 0.717) is 22.3 Å². The molecule has 0 radical (unpaired) electrons. The zero-order valence-electron chi connectivity index (χ0n) is 15.0. The van der Waals surface area contributed by atoms with Crippen LogP contribution in [-0.4, -0.2) is 40.2 Å². The Morgan fingerprint density at radius 2 is 1.82 bits per heavy atom. The molecule has 0 saturated heterocycles. The van der Waals surface area contributed by atoms with E-state index in [1.807, 2.05) is 18.2 Å². The molecule has 0 unspecified atom stereocenters. The van der Waals surface area contributed by atoms with E-state index in [1.54, 1.807) is 37.3 Å². The molecule has 0 spiro atoms. The minimum absolute atomic E-state index is 0.134. The topological polar surface area (TPSA) is 118 Å². The third-order valence-electron chi connectivity index (χ3n) is 3.79. The first-order valence-electron chi connectivity index (χ1n) is 8.52. The van der Waals surface area contributed by atoms with Gasteiger partial charge in [-0.05, 0) is 37.3 Å². The maximum Gasteiger partial charge on any atom is 0.322 e. The van der Waals surface area contributed by atoms with Gasteiger partial charge in [0.25, 0.3) is 5.91 Å². The number of aromatic hydroxyl groups is 1. The minimum atomic E-state index is -1.21. The second kappa shape index (κ2) is 8.26. The SMILES string of the molecule is CCOc1nc(C(=O)NCC(=O)O)c(O)c2ccc(Oc3ccccc3)cc12. The Labute approximate surface area is 160 Å². The summed E-state index contributed by atoms with van der Waals surface area (Å²) in [6.45, 7) is 1.45. The summed E-state index contributed by atoms with van der Waals surface area (Å²) in [5, 5.41) is 22.2. The zero-order valence-corrected chi connectivity index (χ0v) is 15.0. The van der Waals surface area contributed by atoms with Crippen molar-refractivity contribution in [2.75, 3.05) is 13.2 Å². The third kappa shape index (κ3) is 4.12. The average molecular weight is 382 g/mol. The van der Waals surface area contributed by atoms with E-state index < -0.39 is 18.4 Å². The number of hydrogen-bond acceptors (Lipinski definition) is 6. The van der Waals surface area contributed by atoms with Gasteiger partial charge in [-0.3, -0.25) is 9.59 Å². The van der Waals surface area contributed by atoms with Gasteiger partial charge in [0, 0.05) is 5.39 Å². The molecule has 2 aromatic carbocycles. The standard InChI is InChI=1S/C20H18N2O6/c1-2-27-20-15-10-13(28-12-6-4-3-5-7-12)8-9-14(15)18(25)17(22-20)19(26)21-11-16(23)24/h3-10,25H,2,11H2,1H3,(H,21,26)(H,23,24). The summed E-state index contributed by atoms with van der Waals surface area (Å²) in [6, 6.07) is 14.1. The number of pyridine rings is 1. The minimum Gasteiger partial charge on any atom is -0.505 e. The number of ether oxygens (including phenoxy) is 2. The smallest absolute Gasteiger partial charge is 0.322 e. The van der Waals surface area contributed by atoms with Crippen LogP contribution in [0.25, 0.3) is 10.8 Å². The number of aliphatic carboxylic acids is 1. The number of carboxylic acids is 1. The van der Waals surface area contributed by atoms with Crippen LogP contribution in [0, 0.1) is 0 Å². The number of fused-ring (bicyclic) bond motifs is 1. The number of nitrogens with one attached hydrogen (secondary N) is 1. The molecule has 0 saturated carbocycles. The van der Waals surface area contributed by atoms with Crippen LogP contribution in [0.1, 0.15) is 17.4 Å². The predicted octanol–water partition coefficient (Wildman–Crippen LogP) is 2.95. The van der Waals surface area contributed by atoms with Gasteiger partial charge < -0.3 is 25.0 Å². The molecule has 0 aliphatic heterocycles. The van der Waals surface area contributed by atoms with Crippen molar-refractivity contribution in [3.05, 3.63) is 54.2 Å². The predicted molar refractivity (Wildman–Crippen MR) is 101 cm³/mol. The number of hydrogen-bond donors (Lipinski definition) is 3. The lowest BCUT2D eigenvalue weighted by molar-refractivity contribution is -0.135. The van der Waals surface area contributed by atoms with E-state index in [9.17, 15) is 14.7 Å². The number of carbonyl (C=O) groups is 2. The van der Waals surface area contributed by atoms with E-state index in [1.165, 1.54) is 0 Å². The van der Waals surface area contributed by atoms with E-state index in [-0.39, 0.29) is 23.9 Å². The molecule has 1 amide bonds. The first-order chi connectivity index (χ1) is 13.5. The Balaban J connectivity index is 2.03. The van der Waals surface area contributed by atoms with Crippen molar-refractivity contribution in [3.63, 3.8) is 0 Å². The van der Waals surface area contributed by atoms with Crippen molar-refractivity contribution in [1.82, 2.24) is 10.3 Å². The van der Waals surface area contributed by atoms with Crippen LogP contribution in [0.3, 0.4) is 0 Å². The van der Waals surface area contributed by atoms with E-state index >= 15 is 0 Å². The highest BCUT2D eigenvalue weighted by molar-refractivity contribution is 6.04. The van der Waals surface area contributed by atoms with Gasteiger partial charge in [-0.1, -0.05) is 18.2 Å². The summed E-state index contributed by atoms with van der Waals surface area (Å²) in [4.78, 5) is 26.9. The second-order valence-corrected chi connectivity index (χ2v) is 5.75. The number of rotatable bonds is 7. The molecule has 0 fully saturated rings. The summed E-state index contributed by atoms with van der Waals surface area (Å²) in [5.41, 5.74) is -0.311. The first kappa shape index (κ1) is 19.0. The number of carboxylic acid groups (broad SMARTS) is 1. The van der Waals surface area contributed by atoms with Crippen LogP contribution in [0.2, 0.25) is 0 Å². The number of amides is 1. The monoisotopic (exact) mass is 382 g/mol. The largest absolute Gasteiger partial charge is 0.505 e. The molecule has 28 heavy (non-hydrogen) atoms. The van der Waals surface area contributed by atoms with Crippen molar-refractivity contribution in [2.24, 2.45) is 0 Å². The third-order valence-corrected chi connectivity index (χ3v) is 3.79. The van der Waals surface area contributed by atoms with Gasteiger partial charge in [-0.15, -0.1) is 0 Å². The van der Waals surface area contributed by atoms with Crippen molar-refractivity contribution in [1.29, 1.82) is 0 Å². The zero-order chi connectivity index (χ0) is 20.1. The van der Waals surface area contributed by atoms with Crippen LogP contribution in [0.15, 0.2) is 48.5 Å². The van der Waals surface area contributed by atoms with Crippen LogP contribution in [-0.2, 0) is 4.79 Å². The number of para-hydroxylation sites is 1. The Bertz CT molecular complexity index is 1020. The van der Waals surface area contributed by atoms with Gasteiger partial charge in [0.05, 0.1) is 12.0 Å². The molecule has 1 aromatic heterocycles. The Morgan fingerprint density at radius 1 is 1.07 bits per heavy atom. The van der Waals surface area contributed by atoms with Gasteiger partial charge in [0.15, 0.2) is 11.4 Å². The molecule has 3 N–H and O–H groups in total. The van der Waals surface area contributed by atoms with E-state index in [2.05, 4.69) is 10.3 Å². The van der Waals surface area contributed by atoms with Crippen LogP contribution in [0.5, 0.6) is 23.1 Å². The summed E-state index contributed by atoms with van der Waals surface area (Å²) >= 11 is 0. The van der Waals surface area contributed by atoms with Gasteiger partial charge in [0.2, 0.25) is 5.88 Å². The number of carbonyl (C=O) groups excluding carboxylic acids is 1. The second-order valence-electron chi connectivity index (χ2n) is 5.75. The summed E-state index contributed by atoms with van der Waals surface area (Å²) in [7, 11) is 0. The van der Waals surface area contributed by atoms with E-state index in [4.69, 9.17) is 14.6 Å². The molecule has 144 valence electrons. The summed E-state index contributed by atoms with van der Waals surface area (Å²) in [6.07, 6.45) is 0. The molecule has 3 rings (SSSR count).